The Bertz CT molecular complexity index is 595. The molecule has 118 valence electrons. The van der Waals surface area contributed by atoms with E-state index in [0.717, 1.165) is 36.1 Å². The molecule has 5 nitrogen and oxygen atoms in total. The van der Waals surface area contributed by atoms with Crippen LogP contribution in [0.25, 0.3) is 0 Å². The minimum atomic E-state index is -3.48. The van der Waals surface area contributed by atoms with Gasteiger partial charge in [-0.3, -0.25) is 5.84 Å². The Morgan fingerprint density at radius 2 is 1.62 bits per heavy atom. The molecule has 0 saturated carbocycles. The number of nitrogens with zero attached hydrogens (tertiary/aromatic N) is 1. The first-order chi connectivity index (χ1) is 9.78. The van der Waals surface area contributed by atoms with Crippen LogP contribution in [-0.2, 0) is 10.0 Å². The second-order valence-electron chi connectivity index (χ2n) is 6.05. The zero-order valence-electron chi connectivity index (χ0n) is 13.2. The predicted molar refractivity (Wildman–Crippen MR) is 85.5 cm³/mol. The van der Waals surface area contributed by atoms with Crippen LogP contribution in [0.1, 0.15) is 44.2 Å². The Hall–Kier alpha value is -1.11. The normalized spacial score (nSPS) is 24.0. The number of hydrogen-bond donors (Lipinski definition) is 2. The van der Waals surface area contributed by atoms with E-state index in [1.165, 1.54) is 0 Å². The van der Waals surface area contributed by atoms with Crippen molar-refractivity contribution in [1.82, 2.24) is 4.31 Å². The van der Waals surface area contributed by atoms with Gasteiger partial charge in [0, 0.05) is 17.8 Å². The van der Waals surface area contributed by atoms with E-state index in [2.05, 4.69) is 5.43 Å². The third kappa shape index (κ3) is 2.93. The van der Waals surface area contributed by atoms with Crippen molar-refractivity contribution in [2.75, 3.05) is 5.43 Å². The Kier molecular flexibility index (Phi) is 4.60. The summed E-state index contributed by atoms with van der Waals surface area (Å²) >= 11 is 0. The second kappa shape index (κ2) is 5.94. The lowest BCUT2D eigenvalue weighted by atomic mass is 10.0. The van der Waals surface area contributed by atoms with Crippen LogP contribution < -0.4 is 11.3 Å². The molecule has 1 aliphatic rings. The summed E-state index contributed by atoms with van der Waals surface area (Å²) in [7, 11) is -3.48. The number of benzene rings is 1. The summed E-state index contributed by atoms with van der Waals surface area (Å²) in [4.78, 5) is 0.419. The van der Waals surface area contributed by atoms with Crippen molar-refractivity contribution in [1.29, 1.82) is 0 Å². The molecule has 21 heavy (non-hydrogen) atoms. The third-order valence-electron chi connectivity index (χ3n) is 4.28. The highest BCUT2D eigenvalue weighted by atomic mass is 32.2. The van der Waals surface area contributed by atoms with Crippen molar-refractivity contribution in [2.45, 2.75) is 63.9 Å². The molecule has 1 aliphatic heterocycles. The van der Waals surface area contributed by atoms with E-state index in [0.29, 0.717) is 4.90 Å². The van der Waals surface area contributed by atoms with Crippen LogP contribution in [-0.4, -0.2) is 24.8 Å². The lowest BCUT2D eigenvalue weighted by molar-refractivity contribution is 0.204. The Morgan fingerprint density at radius 3 is 2.05 bits per heavy atom. The Labute approximate surface area is 127 Å². The summed E-state index contributed by atoms with van der Waals surface area (Å²) in [6, 6.07) is 3.65. The van der Waals surface area contributed by atoms with Gasteiger partial charge >= 0.3 is 0 Å². The molecule has 6 heteroatoms. The smallest absolute Gasteiger partial charge is 0.244 e. The molecule has 2 rings (SSSR count). The van der Waals surface area contributed by atoms with Crippen LogP contribution in [0.2, 0.25) is 0 Å². The van der Waals surface area contributed by atoms with Gasteiger partial charge in [0.2, 0.25) is 10.0 Å². The third-order valence-corrected chi connectivity index (χ3v) is 6.71. The zero-order valence-corrected chi connectivity index (χ0v) is 14.0. The summed E-state index contributed by atoms with van der Waals surface area (Å²) in [5.41, 5.74) is 4.76. The van der Waals surface area contributed by atoms with Gasteiger partial charge in [-0.2, -0.15) is 4.31 Å². The van der Waals surface area contributed by atoms with Crippen LogP contribution in [0, 0.1) is 13.8 Å². The van der Waals surface area contributed by atoms with Gasteiger partial charge < -0.3 is 5.43 Å². The summed E-state index contributed by atoms with van der Waals surface area (Å²) < 4.78 is 27.9. The number of anilines is 1. The fourth-order valence-corrected chi connectivity index (χ4v) is 5.72. The second-order valence-corrected chi connectivity index (χ2v) is 7.83. The quantitative estimate of drug-likeness (QED) is 0.664. The number of aryl methyl sites for hydroxylation is 2. The van der Waals surface area contributed by atoms with E-state index in [1.54, 1.807) is 16.4 Å². The van der Waals surface area contributed by atoms with Crippen molar-refractivity contribution in [3.8, 4) is 0 Å². The van der Waals surface area contributed by atoms with Crippen molar-refractivity contribution in [3.05, 3.63) is 23.3 Å². The molecule has 0 aromatic heterocycles. The average Bonchev–Trinajstić information content (AvgIpc) is 2.36. The molecule has 0 bridgehead atoms. The van der Waals surface area contributed by atoms with Gasteiger partial charge in [-0.05, 0) is 63.8 Å². The van der Waals surface area contributed by atoms with E-state index in [1.807, 2.05) is 27.7 Å². The standard InChI is InChI=1S/C15H25N3O2S/c1-10-8-14(17-16)9-11(2)15(10)21(19,20)18-12(3)6-5-7-13(18)4/h8-9,12-13,17H,5-7,16H2,1-4H3/t12-,13+. The monoisotopic (exact) mass is 311 g/mol. The average molecular weight is 311 g/mol. The molecule has 0 aliphatic carbocycles. The maximum absolute atomic E-state index is 13.1. The number of hydrazine groups is 1. The highest BCUT2D eigenvalue weighted by Gasteiger charge is 2.37. The molecule has 1 saturated heterocycles. The Balaban J connectivity index is 2.54. The summed E-state index contributed by atoms with van der Waals surface area (Å²) in [6.45, 7) is 7.63. The summed E-state index contributed by atoms with van der Waals surface area (Å²) in [5, 5.41) is 0. The van der Waals surface area contributed by atoms with Gasteiger partial charge in [-0.1, -0.05) is 6.42 Å². The van der Waals surface area contributed by atoms with Crippen LogP contribution in [0.4, 0.5) is 5.69 Å². The highest BCUT2D eigenvalue weighted by molar-refractivity contribution is 7.89. The van der Waals surface area contributed by atoms with Gasteiger partial charge in [0.1, 0.15) is 0 Å². The number of nitrogens with one attached hydrogen (secondary N) is 1. The maximum atomic E-state index is 13.1. The van der Waals surface area contributed by atoms with Crippen LogP contribution in [0.5, 0.6) is 0 Å². The van der Waals surface area contributed by atoms with E-state index in [9.17, 15) is 8.42 Å². The maximum Gasteiger partial charge on any atom is 0.244 e. The zero-order chi connectivity index (χ0) is 15.8. The molecular weight excluding hydrogens is 286 g/mol. The SMILES string of the molecule is Cc1cc(NN)cc(C)c1S(=O)(=O)N1[C@H](C)CCC[C@@H]1C. The van der Waals surface area contributed by atoms with Gasteiger partial charge in [-0.25, -0.2) is 8.42 Å². The summed E-state index contributed by atoms with van der Waals surface area (Å²) in [5.74, 6) is 5.42. The molecule has 1 aromatic rings. The van der Waals surface area contributed by atoms with E-state index in [4.69, 9.17) is 5.84 Å². The van der Waals surface area contributed by atoms with Crippen molar-refractivity contribution in [3.63, 3.8) is 0 Å². The van der Waals surface area contributed by atoms with Crippen LogP contribution >= 0.6 is 0 Å². The molecule has 3 N–H and O–H groups in total. The lowest BCUT2D eigenvalue weighted by Crippen LogP contribution is -2.47. The molecule has 1 heterocycles. The minimum absolute atomic E-state index is 0.0462. The number of rotatable bonds is 3. The molecule has 0 radical (unpaired) electrons. The number of nitrogens with two attached hydrogens (primary N) is 1. The lowest BCUT2D eigenvalue weighted by Gasteiger charge is -2.38. The first kappa shape index (κ1) is 16.3. The fraction of sp³-hybridized carbons (Fsp3) is 0.600. The van der Waals surface area contributed by atoms with Gasteiger partial charge in [-0.15, -0.1) is 0 Å². The van der Waals surface area contributed by atoms with E-state index in [-0.39, 0.29) is 12.1 Å². The molecule has 1 fully saturated rings. The predicted octanol–water partition coefficient (Wildman–Crippen LogP) is 2.54. The van der Waals surface area contributed by atoms with Crippen molar-refractivity contribution in [2.24, 2.45) is 5.84 Å². The van der Waals surface area contributed by atoms with E-state index < -0.39 is 10.0 Å². The van der Waals surface area contributed by atoms with Gasteiger partial charge in [0.15, 0.2) is 0 Å². The van der Waals surface area contributed by atoms with E-state index >= 15 is 0 Å². The number of piperidine rings is 1. The number of sulfonamides is 1. The topological polar surface area (TPSA) is 75.4 Å². The number of hydrogen-bond acceptors (Lipinski definition) is 4. The van der Waals surface area contributed by atoms with Crippen molar-refractivity contribution < 1.29 is 8.42 Å². The largest absolute Gasteiger partial charge is 0.324 e. The van der Waals surface area contributed by atoms with Crippen LogP contribution in [0.3, 0.4) is 0 Å². The number of nitrogen functional groups attached to an aromatic ring is 1. The molecule has 1 aromatic carbocycles. The Morgan fingerprint density at radius 1 is 1.14 bits per heavy atom. The highest BCUT2D eigenvalue weighted by Crippen LogP contribution is 2.33. The minimum Gasteiger partial charge on any atom is -0.324 e. The van der Waals surface area contributed by atoms with Crippen molar-refractivity contribution >= 4 is 15.7 Å². The summed E-state index contributed by atoms with van der Waals surface area (Å²) in [6.07, 6.45) is 2.93. The van der Waals surface area contributed by atoms with Crippen LogP contribution in [0.15, 0.2) is 17.0 Å². The molecule has 0 amide bonds. The van der Waals surface area contributed by atoms with Gasteiger partial charge in [0.05, 0.1) is 4.90 Å². The molecule has 2 atom stereocenters. The molecule has 0 spiro atoms. The fourth-order valence-electron chi connectivity index (χ4n) is 3.42. The first-order valence-corrected chi connectivity index (χ1v) is 8.84. The first-order valence-electron chi connectivity index (χ1n) is 7.40. The molecular formula is C15H25N3O2S. The van der Waals surface area contributed by atoms with Gasteiger partial charge in [0.25, 0.3) is 0 Å². The molecule has 0 unspecified atom stereocenters.